The van der Waals surface area contributed by atoms with Crippen molar-refractivity contribution in [2.45, 2.75) is 13.5 Å². The number of pyridine rings is 2. The highest BCUT2D eigenvalue weighted by Gasteiger charge is 2.07. The summed E-state index contributed by atoms with van der Waals surface area (Å²) in [5.74, 6) is -0.240. The maximum Gasteiger partial charge on any atom is 0.270 e. The van der Waals surface area contributed by atoms with Gasteiger partial charge in [-0.05, 0) is 48.9 Å². The van der Waals surface area contributed by atoms with Crippen molar-refractivity contribution in [3.05, 3.63) is 82.9 Å². The highest BCUT2D eigenvalue weighted by atomic mass is 35.5. The number of anilines is 2. The lowest BCUT2D eigenvalue weighted by Crippen LogP contribution is -2.24. The molecule has 0 unspecified atom stereocenters. The zero-order chi connectivity index (χ0) is 17.6. The van der Waals surface area contributed by atoms with Crippen LogP contribution in [0.4, 0.5) is 11.4 Å². The summed E-state index contributed by atoms with van der Waals surface area (Å²) in [6, 6.07) is 14.8. The van der Waals surface area contributed by atoms with Crippen LogP contribution in [0.5, 0.6) is 0 Å². The second kappa shape index (κ2) is 7.77. The Balaban J connectivity index is 1.61. The smallest absolute Gasteiger partial charge is 0.270 e. The molecule has 0 aliphatic heterocycles. The van der Waals surface area contributed by atoms with Crippen LogP contribution in [0.2, 0.25) is 5.02 Å². The third kappa shape index (κ3) is 4.55. The molecule has 0 aliphatic rings. The van der Waals surface area contributed by atoms with Crippen LogP contribution < -0.4 is 10.6 Å². The van der Waals surface area contributed by atoms with Crippen LogP contribution in [-0.2, 0) is 6.54 Å². The van der Waals surface area contributed by atoms with Gasteiger partial charge in [0.15, 0.2) is 0 Å². The number of amides is 1. The second-order valence-corrected chi connectivity index (χ2v) is 5.93. The van der Waals surface area contributed by atoms with Crippen molar-refractivity contribution >= 4 is 28.9 Å². The number of nitrogens with zero attached hydrogens (tertiary/aromatic N) is 2. The Morgan fingerprint density at radius 2 is 1.92 bits per heavy atom. The lowest BCUT2D eigenvalue weighted by molar-refractivity contribution is 0.0945. The number of aromatic nitrogens is 2. The number of carbonyl (C=O) groups is 1. The summed E-state index contributed by atoms with van der Waals surface area (Å²) in [5, 5.41) is 6.70. The van der Waals surface area contributed by atoms with Crippen LogP contribution in [-0.4, -0.2) is 15.9 Å². The SMILES string of the molecule is Cc1ccc(Nc2ccc(C(=O)NCc3ccccn3)nc2)cc1Cl. The van der Waals surface area contributed by atoms with E-state index in [-0.39, 0.29) is 5.91 Å². The summed E-state index contributed by atoms with van der Waals surface area (Å²) in [6.07, 6.45) is 3.31. The van der Waals surface area contributed by atoms with Gasteiger partial charge in [-0.15, -0.1) is 0 Å². The van der Waals surface area contributed by atoms with E-state index in [4.69, 9.17) is 11.6 Å². The van der Waals surface area contributed by atoms with Crippen LogP contribution >= 0.6 is 11.6 Å². The summed E-state index contributed by atoms with van der Waals surface area (Å²) in [7, 11) is 0. The van der Waals surface area contributed by atoms with E-state index in [0.29, 0.717) is 17.3 Å². The molecule has 0 aliphatic carbocycles. The van der Waals surface area contributed by atoms with E-state index in [9.17, 15) is 4.79 Å². The molecule has 126 valence electrons. The number of nitrogens with one attached hydrogen (secondary N) is 2. The first-order valence-electron chi connectivity index (χ1n) is 7.79. The number of benzene rings is 1. The highest BCUT2D eigenvalue weighted by Crippen LogP contribution is 2.22. The van der Waals surface area contributed by atoms with Gasteiger partial charge in [-0.2, -0.15) is 0 Å². The quantitative estimate of drug-likeness (QED) is 0.725. The summed E-state index contributed by atoms with van der Waals surface area (Å²) >= 11 is 6.12. The first-order valence-corrected chi connectivity index (χ1v) is 8.17. The first-order chi connectivity index (χ1) is 12.1. The third-order valence-electron chi connectivity index (χ3n) is 3.61. The van der Waals surface area contributed by atoms with Gasteiger partial charge in [0.25, 0.3) is 5.91 Å². The fraction of sp³-hybridized carbons (Fsp3) is 0.105. The Hall–Kier alpha value is -2.92. The molecule has 3 aromatic rings. The number of aryl methyl sites for hydroxylation is 1. The van der Waals surface area contributed by atoms with Crippen molar-refractivity contribution < 1.29 is 4.79 Å². The number of rotatable bonds is 5. The second-order valence-electron chi connectivity index (χ2n) is 5.52. The van der Waals surface area contributed by atoms with Crippen molar-refractivity contribution in [2.24, 2.45) is 0 Å². The molecule has 0 spiro atoms. The molecule has 0 fully saturated rings. The lowest BCUT2D eigenvalue weighted by Gasteiger charge is -2.09. The van der Waals surface area contributed by atoms with E-state index in [1.54, 1.807) is 24.5 Å². The van der Waals surface area contributed by atoms with Crippen LogP contribution in [0.25, 0.3) is 0 Å². The largest absolute Gasteiger partial charge is 0.354 e. The fourth-order valence-electron chi connectivity index (χ4n) is 2.20. The first kappa shape index (κ1) is 16.9. The van der Waals surface area contributed by atoms with Crippen molar-refractivity contribution in [3.8, 4) is 0 Å². The van der Waals surface area contributed by atoms with Gasteiger partial charge in [-0.25, -0.2) is 4.98 Å². The van der Waals surface area contributed by atoms with Crippen LogP contribution in [0.15, 0.2) is 60.9 Å². The standard InChI is InChI=1S/C19H17ClN4O/c1-13-5-6-14(10-17(13)20)24-16-7-8-18(22-12-16)19(25)23-11-15-4-2-3-9-21-15/h2-10,12,24H,11H2,1H3,(H,23,25). The minimum atomic E-state index is -0.240. The van der Waals surface area contributed by atoms with Gasteiger partial charge in [0.1, 0.15) is 5.69 Å². The molecule has 2 aromatic heterocycles. The van der Waals surface area contributed by atoms with Gasteiger partial charge >= 0.3 is 0 Å². The molecule has 6 heteroatoms. The van der Waals surface area contributed by atoms with Crippen molar-refractivity contribution in [3.63, 3.8) is 0 Å². The summed E-state index contributed by atoms with van der Waals surface area (Å²) in [6.45, 7) is 2.31. The molecular formula is C19H17ClN4O. The molecule has 5 nitrogen and oxygen atoms in total. The number of carbonyl (C=O) groups excluding carboxylic acids is 1. The van der Waals surface area contributed by atoms with Gasteiger partial charge in [0.05, 0.1) is 24.1 Å². The Kier molecular flexibility index (Phi) is 5.26. The van der Waals surface area contributed by atoms with E-state index in [2.05, 4.69) is 20.6 Å². The summed E-state index contributed by atoms with van der Waals surface area (Å²) < 4.78 is 0. The Morgan fingerprint density at radius 1 is 1.08 bits per heavy atom. The maximum absolute atomic E-state index is 12.1. The molecule has 2 N–H and O–H groups in total. The van der Waals surface area contributed by atoms with Crippen LogP contribution in [0, 0.1) is 6.92 Å². The minimum absolute atomic E-state index is 0.240. The molecule has 0 saturated heterocycles. The zero-order valence-corrected chi connectivity index (χ0v) is 14.4. The molecule has 0 bridgehead atoms. The summed E-state index contributed by atoms with van der Waals surface area (Å²) in [4.78, 5) is 20.5. The van der Waals surface area contributed by atoms with E-state index in [0.717, 1.165) is 22.6 Å². The van der Waals surface area contributed by atoms with Gasteiger partial charge < -0.3 is 10.6 Å². The Labute approximate surface area is 151 Å². The molecule has 0 radical (unpaired) electrons. The molecule has 1 aromatic carbocycles. The van der Waals surface area contributed by atoms with Gasteiger partial charge in [0.2, 0.25) is 0 Å². The van der Waals surface area contributed by atoms with Gasteiger partial charge in [-0.3, -0.25) is 9.78 Å². The van der Waals surface area contributed by atoms with Crippen LogP contribution in [0.3, 0.4) is 0 Å². The zero-order valence-electron chi connectivity index (χ0n) is 13.7. The summed E-state index contributed by atoms with van der Waals surface area (Å²) in [5.41, 5.74) is 3.81. The van der Waals surface area contributed by atoms with Crippen molar-refractivity contribution in [2.75, 3.05) is 5.32 Å². The molecule has 1 amide bonds. The Morgan fingerprint density at radius 3 is 2.60 bits per heavy atom. The third-order valence-corrected chi connectivity index (χ3v) is 4.02. The van der Waals surface area contributed by atoms with Gasteiger partial charge in [-0.1, -0.05) is 23.7 Å². The highest BCUT2D eigenvalue weighted by molar-refractivity contribution is 6.31. The number of hydrogen-bond donors (Lipinski definition) is 2. The number of halogens is 1. The lowest BCUT2D eigenvalue weighted by atomic mass is 10.2. The normalized spacial score (nSPS) is 10.3. The predicted molar refractivity (Wildman–Crippen MR) is 99.1 cm³/mol. The van der Waals surface area contributed by atoms with Crippen LogP contribution in [0.1, 0.15) is 21.7 Å². The maximum atomic E-state index is 12.1. The molecule has 0 atom stereocenters. The van der Waals surface area contributed by atoms with E-state index in [1.807, 2.05) is 43.3 Å². The monoisotopic (exact) mass is 352 g/mol. The molecule has 2 heterocycles. The molecule has 3 rings (SSSR count). The molecule has 0 saturated carbocycles. The number of hydrogen-bond acceptors (Lipinski definition) is 4. The van der Waals surface area contributed by atoms with E-state index < -0.39 is 0 Å². The molecular weight excluding hydrogens is 336 g/mol. The van der Waals surface area contributed by atoms with Crippen molar-refractivity contribution in [1.82, 2.24) is 15.3 Å². The fourth-order valence-corrected chi connectivity index (χ4v) is 2.38. The predicted octanol–water partition coefficient (Wildman–Crippen LogP) is 4.11. The topological polar surface area (TPSA) is 66.9 Å². The average molecular weight is 353 g/mol. The van der Waals surface area contributed by atoms with Crippen molar-refractivity contribution in [1.29, 1.82) is 0 Å². The van der Waals surface area contributed by atoms with E-state index >= 15 is 0 Å². The Bertz CT molecular complexity index is 866. The van der Waals surface area contributed by atoms with Gasteiger partial charge in [0, 0.05) is 16.9 Å². The average Bonchev–Trinajstić information content (AvgIpc) is 2.64. The molecule has 25 heavy (non-hydrogen) atoms. The minimum Gasteiger partial charge on any atom is -0.354 e. The van der Waals surface area contributed by atoms with E-state index in [1.165, 1.54) is 0 Å².